The van der Waals surface area contributed by atoms with Gasteiger partial charge in [0.25, 0.3) is 0 Å². The highest BCUT2D eigenvalue weighted by Gasteiger charge is 2.46. The maximum absolute atomic E-state index is 13.6. The molecule has 2 aromatic rings. The summed E-state index contributed by atoms with van der Waals surface area (Å²) in [5.41, 5.74) is -0.0175. The quantitative estimate of drug-likeness (QED) is 0.555. The van der Waals surface area contributed by atoms with E-state index < -0.39 is 48.5 Å². The van der Waals surface area contributed by atoms with Gasteiger partial charge in [0.05, 0.1) is 17.8 Å². The molecule has 34 heavy (non-hydrogen) atoms. The highest BCUT2D eigenvalue weighted by atomic mass is 19.4. The van der Waals surface area contributed by atoms with Crippen molar-refractivity contribution >= 4 is 5.91 Å². The second-order valence-corrected chi connectivity index (χ2v) is 9.10. The van der Waals surface area contributed by atoms with E-state index in [4.69, 9.17) is 4.74 Å². The molecule has 4 rings (SSSR count). The summed E-state index contributed by atoms with van der Waals surface area (Å²) in [6.07, 6.45) is -5.44. The second-order valence-electron chi connectivity index (χ2n) is 9.10. The summed E-state index contributed by atoms with van der Waals surface area (Å²) < 4.78 is 73.0. The highest BCUT2D eigenvalue weighted by molar-refractivity contribution is 5.83. The molecule has 184 valence electrons. The SMILES string of the molecule is C[C@@H](O[C@H]1CC[C@@H]([C@@H]2C[C@@H](O)C(=O)N2)[C@@H]1c1ccc(F)cc1)c1cc(CF)cc(C(F)(F)F)c1. The zero-order valence-electron chi connectivity index (χ0n) is 18.5. The monoisotopic (exact) mass is 483 g/mol. The Hall–Kier alpha value is -2.52. The van der Waals surface area contributed by atoms with Gasteiger partial charge in [0.1, 0.15) is 18.6 Å². The summed E-state index contributed by atoms with van der Waals surface area (Å²) in [6.45, 7) is 0.588. The third kappa shape index (κ3) is 5.10. The summed E-state index contributed by atoms with van der Waals surface area (Å²) >= 11 is 0. The molecule has 9 heteroatoms. The van der Waals surface area contributed by atoms with Crippen molar-refractivity contribution in [3.63, 3.8) is 0 Å². The number of ether oxygens (including phenoxy) is 1. The standard InChI is InChI=1S/C25H26F5NO3/c1-13(16-8-14(12-26)9-17(10-16)25(28,29)30)34-22-7-6-19(20-11-21(32)24(33)31-20)23(22)15-2-4-18(27)5-3-15/h2-5,8-10,13,19-23,32H,6-7,11-12H2,1H3,(H,31,33)/t13-,19+,20+,21-,22+,23+/m1/s1. The van der Waals surface area contributed by atoms with Crippen LogP contribution in [0.1, 0.15) is 60.5 Å². The zero-order chi connectivity index (χ0) is 24.6. The number of alkyl halides is 4. The Labute approximate surface area is 194 Å². The van der Waals surface area contributed by atoms with Crippen LogP contribution in [0.3, 0.4) is 0 Å². The van der Waals surface area contributed by atoms with Gasteiger partial charge in [-0.2, -0.15) is 13.2 Å². The predicted molar refractivity (Wildman–Crippen MR) is 114 cm³/mol. The van der Waals surface area contributed by atoms with Gasteiger partial charge < -0.3 is 15.2 Å². The van der Waals surface area contributed by atoms with Gasteiger partial charge in [-0.25, -0.2) is 8.78 Å². The summed E-state index contributed by atoms with van der Waals surface area (Å²) in [5, 5.41) is 12.7. The van der Waals surface area contributed by atoms with Crippen LogP contribution in [0.15, 0.2) is 42.5 Å². The molecule has 0 spiro atoms. The Kier molecular flexibility index (Phi) is 6.96. The van der Waals surface area contributed by atoms with Crippen molar-refractivity contribution in [3.8, 4) is 0 Å². The van der Waals surface area contributed by atoms with E-state index in [2.05, 4.69) is 5.32 Å². The Balaban J connectivity index is 1.61. The number of amides is 1. The van der Waals surface area contributed by atoms with Crippen molar-refractivity contribution in [2.24, 2.45) is 5.92 Å². The molecule has 1 aliphatic heterocycles. The fourth-order valence-corrected chi connectivity index (χ4v) is 5.24. The summed E-state index contributed by atoms with van der Waals surface area (Å²) in [4.78, 5) is 11.9. The van der Waals surface area contributed by atoms with E-state index in [1.165, 1.54) is 18.2 Å². The van der Waals surface area contributed by atoms with Gasteiger partial charge >= 0.3 is 6.18 Å². The van der Waals surface area contributed by atoms with Crippen LogP contribution >= 0.6 is 0 Å². The number of rotatable bonds is 6. The third-order valence-corrected chi connectivity index (χ3v) is 6.87. The second kappa shape index (κ2) is 9.62. The molecule has 1 heterocycles. The molecular formula is C25H26F5NO3. The number of hydrogen-bond donors (Lipinski definition) is 2. The summed E-state index contributed by atoms with van der Waals surface area (Å²) in [6, 6.07) is 8.76. The van der Waals surface area contributed by atoms with Crippen LogP contribution in [0.5, 0.6) is 0 Å². The fraction of sp³-hybridized carbons (Fsp3) is 0.480. The van der Waals surface area contributed by atoms with Crippen LogP contribution in [-0.4, -0.2) is 29.3 Å². The molecule has 2 fully saturated rings. The number of aliphatic hydroxyl groups excluding tert-OH is 1. The number of halogens is 5. The van der Waals surface area contributed by atoms with E-state index in [1.807, 2.05) is 0 Å². The first-order valence-electron chi connectivity index (χ1n) is 11.2. The molecule has 4 nitrogen and oxygen atoms in total. The number of hydrogen-bond acceptors (Lipinski definition) is 3. The largest absolute Gasteiger partial charge is 0.416 e. The van der Waals surface area contributed by atoms with Gasteiger partial charge in [-0.15, -0.1) is 0 Å². The van der Waals surface area contributed by atoms with Crippen LogP contribution in [0.25, 0.3) is 0 Å². The summed E-state index contributed by atoms with van der Waals surface area (Å²) in [5.74, 6) is -1.23. The first-order valence-corrected chi connectivity index (χ1v) is 11.2. The normalized spacial score (nSPS) is 28.2. The number of carbonyl (C=O) groups excluding carboxylic acids is 1. The van der Waals surface area contributed by atoms with Gasteiger partial charge in [-0.3, -0.25) is 4.79 Å². The Bertz CT molecular complexity index is 1030. The number of carbonyl (C=O) groups is 1. The van der Waals surface area contributed by atoms with Crippen molar-refractivity contribution in [1.29, 1.82) is 0 Å². The lowest BCUT2D eigenvalue weighted by Gasteiger charge is -2.31. The van der Waals surface area contributed by atoms with Crippen molar-refractivity contribution in [3.05, 3.63) is 70.5 Å². The van der Waals surface area contributed by atoms with Crippen LogP contribution in [0.4, 0.5) is 22.0 Å². The highest BCUT2D eigenvalue weighted by Crippen LogP contribution is 2.46. The van der Waals surface area contributed by atoms with E-state index in [0.717, 1.165) is 17.7 Å². The van der Waals surface area contributed by atoms with Crippen LogP contribution in [-0.2, 0) is 22.4 Å². The van der Waals surface area contributed by atoms with Gasteiger partial charge in [-0.1, -0.05) is 18.2 Å². The molecule has 1 saturated heterocycles. The van der Waals surface area contributed by atoms with E-state index >= 15 is 0 Å². The van der Waals surface area contributed by atoms with Crippen LogP contribution in [0.2, 0.25) is 0 Å². The van der Waals surface area contributed by atoms with E-state index in [9.17, 15) is 31.9 Å². The smallest absolute Gasteiger partial charge is 0.383 e. The van der Waals surface area contributed by atoms with Gasteiger partial charge in [-0.05, 0) is 66.6 Å². The average Bonchev–Trinajstić information content (AvgIpc) is 3.36. The molecule has 1 saturated carbocycles. The van der Waals surface area contributed by atoms with Crippen molar-refractivity contribution in [1.82, 2.24) is 5.32 Å². The molecule has 1 aliphatic carbocycles. The van der Waals surface area contributed by atoms with Gasteiger partial charge in [0, 0.05) is 18.4 Å². The Morgan fingerprint density at radius 2 is 1.85 bits per heavy atom. The molecule has 6 atom stereocenters. The lowest BCUT2D eigenvalue weighted by molar-refractivity contribution is -0.137. The lowest BCUT2D eigenvalue weighted by Crippen LogP contribution is -2.36. The van der Waals surface area contributed by atoms with Gasteiger partial charge in [0.2, 0.25) is 5.91 Å². The first kappa shape index (κ1) is 24.6. The molecule has 0 unspecified atom stereocenters. The average molecular weight is 483 g/mol. The molecule has 0 radical (unpaired) electrons. The molecule has 2 aromatic carbocycles. The minimum absolute atomic E-state index is 0.0812. The van der Waals surface area contributed by atoms with E-state index in [0.29, 0.717) is 12.8 Å². The third-order valence-electron chi connectivity index (χ3n) is 6.87. The van der Waals surface area contributed by atoms with Crippen molar-refractivity contribution in [2.45, 2.75) is 69.3 Å². The van der Waals surface area contributed by atoms with Crippen molar-refractivity contribution < 1.29 is 36.6 Å². The Morgan fingerprint density at radius 3 is 2.44 bits per heavy atom. The van der Waals surface area contributed by atoms with Gasteiger partial charge in [0.15, 0.2) is 0 Å². The van der Waals surface area contributed by atoms with E-state index in [-0.39, 0.29) is 35.4 Å². The first-order chi connectivity index (χ1) is 16.1. The summed E-state index contributed by atoms with van der Waals surface area (Å²) in [7, 11) is 0. The van der Waals surface area contributed by atoms with Crippen LogP contribution < -0.4 is 5.32 Å². The maximum Gasteiger partial charge on any atom is 0.416 e. The molecular weight excluding hydrogens is 457 g/mol. The molecule has 1 amide bonds. The topological polar surface area (TPSA) is 58.6 Å². The number of benzene rings is 2. The molecule has 2 N–H and O–H groups in total. The predicted octanol–water partition coefficient (Wildman–Crippen LogP) is 5.20. The van der Waals surface area contributed by atoms with Crippen LogP contribution in [0, 0.1) is 11.7 Å². The van der Waals surface area contributed by atoms with Crippen molar-refractivity contribution in [2.75, 3.05) is 0 Å². The zero-order valence-corrected chi connectivity index (χ0v) is 18.5. The molecule has 2 aliphatic rings. The molecule has 0 aromatic heterocycles. The fourth-order valence-electron chi connectivity index (χ4n) is 5.24. The Morgan fingerprint density at radius 1 is 1.15 bits per heavy atom. The lowest BCUT2D eigenvalue weighted by atomic mass is 9.82. The number of aliphatic hydroxyl groups is 1. The minimum atomic E-state index is -4.61. The minimum Gasteiger partial charge on any atom is -0.383 e. The number of nitrogens with one attached hydrogen (secondary N) is 1. The molecule has 0 bridgehead atoms. The van der Waals surface area contributed by atoms with E-state index in [1.54, 1.807) is 19.1 Å². The maximum atomic E-state index is 13.6.